The van der Waals surface area contributed by atoms with Crippen LogP contribution >= 0.6 is 11.6 Å². The molecule has 0 bridgehead atoms. The number of nitrogens with zero attached hydrogens (tertiary/aromatic N) is 1. The minimum absolute atomic E-state index is 0.00520. The van der Waals surface area contributed by atoms with Crippen LogP contribution in [0.1, 0.15) is 28.0 Å². The van der Waals surface area contributed by atoms with E-state index in [0.717, 1.165) is 28.2 Å². The number of carbonyl (C=O) groups is 2. The van der Waals surface area contributed by atoms with Crippen molar-refractivity contribution in [1.82, 2.24) is 4.57 Å². The zero-order valence-corrected chi connectivity index (χ0v) is 16.9. The molecule has 3 N–H and O–H groups in total. The first-order valence-electron chi connectivity index (χ1n) is 8.99. The number of benzene rings is 2. The molecule has 0 radical (unpaired) electrons. The number of rotatable bonds is 7. The monoisotopic (exact) mass is 412 g/mol. The van der Waals surface area contributed by atoms with Gasteiger partial charge in [-0.3, -0.25) is 9.59 Å². The molecule has 0 unspecified atom stereocenters. The molecule has 0 spiro atoms. The van der Waals surface area contributed by atoms with Gasteiger partial charge in [0.2, 0.25) is 5.91 Å². The largest absolute Gasteiger partial charge is 0.495 e. The summed E-state index contributed by atoms with van der Waals surface area (Å²) >= 11 is 6.31. The molecule has 0 aliphatic carbocycles. The molecule has 3 aromatic rings. The number of halogens is 1. The summed E-state index contributed by atoms with van der Waals surface area (Å²) in [5.41, 5.74) is 10.0. The van der Waals surface area contributed by atoms with Gasteiger partial charge >= 0.3 is 5.97 Å². The van der Waals surface area contributed by atoms with E-state index >= 15 is 0 Å². The van der Waals surface area contributed by atoms with E-state index in [1.165, 1.54) is 0 Å². The van der Waals surface area contributed by atoms with E-state index in [2.05, 4.69) is 0 Å². The van der Waals surface area contributed by atoms with Crippen molar-refractivity contribution >= 4 is 23.5 Å². The topological polar surface area (TPSA) is 94.6 Å². The fourth-order valence-electron chi connectivity index (χ4n) is 3.30. The van der Waals surface area contributed by atoms with Gasteiger partial charge in [0.25, 0.3) is 0 Å². The number of primary amides is 1. The van der Waals surface area contributed by atoms with Crippen molar-refractivity contribution in [2.75, 3.05) is 7.11 Å². The van der Waals surface area contributed by atoms with Crippen LogP contribution in [-0.2, 0) is 11.2 Å². The van der Waals surface area contributed by atoms with Crippen LogP contribution < -0.4 is 10.5 Å². The predicted molar refractivity (Wildman–Crippen MR) is 112 cm³/mol. The third-order valence-corrected chi connectivity index (χ3v) is 5.02. The average molecular weight is 413 g/mol. The van der Waals surface area contributed by atoms with Gasteiger partial charge in [-0.25, -0.2) is 0 Å². The number of nitrogens with two attached hydrogens (primary N) is 1. The van der Waals surface area contributed by atoms with Crippen molar-refractivity contribution in [2.45, 2.75) is 19.8 Å². The minimum atomic E-state index is -0.868. The molecule has 0 atom stereocenters. The third-order valence-electron chi connectivity index (χ3n) is 4.73. The molecule has 7 heteroatoms. The quantitative estimate of drug-likeness (QED) is 0.607. The van der Waals surface area contributed by atoms with E-state index in [0.29, 0.717) is 22.8 Å². The Bertz CT molecular complexity index is 1090. The zero-order valence-electron chi connectivity index (χ0n) is 16.1. The summed E-state index contributed by atoms with van der Waals surface area (Å²) in [4.78, 5) is 22.6. The van der Waals surface area contributed by atoms with Crippen LogP contribution in [0.5, 0.6) is 5.75 Å². The van der Waals surface area contributed by atoms with Crippen LogP contribution in [0, 0.1) is 6.92 Å². The Kier molecular flexibility index (Phi) is 5.94. The van der Waals surface area contributed by atoms with Crippen molar-refractivity contribution < 1.29 is 19.4 Å². The van der Waals surface area contributed by atoms with E-state index < -0.39 is 11.9 Å². The summed E-state index contributed by atoms with van der Waals surface area (Å²) in [5.74, 6) is -0.797. The summed E-state index contributed by atoms with van der Waals surface area (Å²) in [5, 5.41) is 9.59. The molecule has 150 valence electrons. The lowest BCUT2D eigenvalue weighted by Crippen LogP contribution is -2.12. The number of aliphatic carboxylic acids is 1. The van der Waals surface area contributed by atoms with Crippen molar-refractivity contribution in [3.05, 3.63) is 70.4 Å². The smallest absolute Gasteiger partial charge is 0.303 e. The Balaban J connectivity index is 2.17. The second-order valence-corrected chi connectivity index (χ2v) is 7.06. The van der Waals surface area contributed by atoms with Gasteiger partial charge in [0.1, 0.15) is 5.75 Å². The summed E-state index contributed by atoms with van der Waals surface area (Å²) in [6.07, 6.45) is 0.363. The van der Waals surface area contributed by atoms with Crippen molar-refractivity contribution in [2.24, 2.45) is 5.73 Å². The molecule has 6 nitrogen and oxygen atoms in total. The molecule has 0 fully saturated rings. The standard InChI is InChI=1S/C22H21ClN2O4/c1-13-11-15(22(24)28)3-7-18(13)25-16(6-10-21(26)27)5-8-19(25)14-4-9-20(29-2)17(23)12-14/h3-5,7-9,11-12H,6,10H2,1-2H3,(H2,24,28)(H,26,27). The number of aromatic nitrogens is 1. The Morgan fingerprint density at radius 1 is 1.14 bits per heavy atom. The van der Waals surface area contributed by atoms with Gasteiger partial charge in [0, 0.05) is 22.5 Å². The van der Waals surface area contributed by atoms with Crippen molar-refractivity contribution in [3.8, 4) is 22.7 Å². The molecule has 0 aliphatic rings. The minimum Gasteiger partial charge on any atom is -0.495 e. The van der Waals surface area contributed by atoms with Gasteiger partial charge in [0.05, 0.1) is 24.2 Å². The molecule has 0 saturated carbocycles. The van der Waals surface area contributed by atoms with Gasteiger partial charge in [-0.05, 0) is 67.4 Å². The van der Waals surface area contributed by atoms with E-state index in [-0.39, 0.29) is 6.42 Å². The van der Waals surface area contributed by atoms with E-state index in [9.17, 15) is 9.59 Å². The molecule has 3 rings (SSSR count). The molecular weight excluding hydrogens is 392 g/mol. The SMILES string of the molecule is COc1ccc(-c2ccc(CCC(=O)O)n2-c2ccc(C(N)=O)cc2C)cc1Cl. The lowest BCUT2D eigenvalue weighted by atomic mass is 10.1. The highest BCUT2D eigenvalue weighted by Crippen LogP contribution is 2.34. The maximum atomic E-state index is 11.5. The number of methoxy groups -OCH3 is 1. The molecule has 2 aromatic carbocycles. The number of hydrogen-bond donors (Lipinski definition) is 2. The number of carboxylic acids is 1. The van der Waals surface area contributed by atoms with Crippen LogP contribution in [0.2, 0.25) is 5.02 Å². The van der Waals surface area contributed by atoms with Crippen molar-refractivity contribution in [3.63, 3.8) is 0 Å². The fraction of sp³-hybridized carbons (Fsp3) is 0.182. The second kappa shape index (κ2) is 8.41. The number of carboxylic acid groups (broad SMARTS) is 1. The summed E-state index contributed by atoms with van der Waals surface area (Å²) < 4.78 is 7.22. The highest BCUT2D eigenvalue weighted by Gasteiger charge is 2.16. The number of hydrogen-bond acceptors (Lipinski definition) is 3. The zero-order chi connectivity index (χ0) is 21.1. The average Bonchev–Trinajstić information content (AvgIpc) is 3.09. The fourth-order valence-corrected chi connectivity index (χ4v) is 3.56. The van der Waals surface area contributed by atoms with Crippen LogP contribution in [-0.4, -0.2) is 28.7 Å². The first kappa shape index (κ1) is 20.5. The first-order valence-corrected chi connectivity index (χ1v) is 9.36. The maximum Gasteiger partial charge on any atom is 0.303 e. The van der Waals surface area contributed by atoms with Gasteiger partial charge in [-0.15, -0.1) is 0 Å². The number of carbonyl (C=O) groups excluding carboxylic acids is 1. The highest BCUT2D eigenvalue weighted by molar-refractivity contribution is 6.32. The molecule has 29 heavy (non-hydrogen) atoms. The summed E-state index contributed by atoms with van der Waals surface area (Å²) in [7, 11) is 1.55. The van der Waals surface area contributed by atoms with Gasteiger partial charge < -0.3 is 20.1 Å². The molecule has 0 saturated heterocycles. The van der Waals surface area contributed by atoms with Crippen LogP contribution in [0.3, 0.4) is 0 Å². The Labute approximate surface area is 173 Å². The van der Waals surface area contributed by atoms with Crippen molar-refractivity contribution in [1.29, 1.82) is 0 Å². The normalized spacial score (nSPS) is 10.7. The predicted octanol–water partition coefficient (Wildman–Crippen LogP) is 4.23. The van der Waals surface area contributed by atoms with Gasteiger partial charge in [-0.2, -0.15) is 0 Å². The molecule has 0 aliphatic heterocycles. The van der Waals surface area contributed by atoms with Gasteiger partial charge in [0.15, 0.2) is 0 Å². The molecule has 1 amide bonds. The lowest BCUT2D eigenvalue weighted by Gasteiger charge is -2.17. The highest BCUT2D eigenvalue weighted by atomic mass is 35.5. The van der Waals surface area contributed by atoms with E-state index in [1.807, 2.05) is 35.8 Å². The van der Waals surface area contributed by atoms with E-state index in [4.69, 9.17) is 27.2 Å². The summed E-state index contributed by atoms with van der Waals surface area (Å²) in [6, 6.07) is 14.5. The van der Waals surface area contributed by atoms with Gasteiger partial charge in [-0.1, -0.05) is 11.6 Å². The Hall–Kier alpha value is -3.25. The third kappa shape index (κ3) is 4.27. The number of aryl methyl sites for hydroxylation is 2. The van der Waals surface area contributed by atoms with Crippen LogP contribution in [0.25, 0.3) is 16.9 Å². The second-order valence-electron chi connectivity index (χ2n) is 6.65. The Morgan fingerprint density at radius 2 is 1.90 bits per heavy atom. The molecule has 1 heterocycles. The first-order chi connectivity index (χ1) is 13.8. The maximum absolute atomic E-state index is 11.5. The molecular formula is C22H21ClN2O4. The number of ether oxygens (including phenoxy) is 1. The van der Waals surface area contributed by atoms with E-state index in [1.54, 1.807) is 31.4 Å². The van der Waals surface area contributed by atoms with Crippen LogP contribution in [0.4, 0.5) is 0 Å². The Morgan fingerprint density at radius 3 is 2.48 bits per heavy atom. The number of amides is 1. The summed E-state index contributed by atoms with van der Waals surface area (Å²) in [6.45, 7) is 1.88. The molecule has 1 aromatic heterocycles. The lowest BCUT2D eigenvalue weighted by molar-refractivity contribution is -0.136. The van der Waals surface area contributed by atoms with Crippen LogP contribution in [0.15, 0.2) is 48.5 Å².